The standard InChI is InChI=1S/C8H5BrN4S/c1-10-7-6-5(9)3-11-8(14-2)13(6)4-12-7/h3-4H,2H3. The highest BCUT2D eigenvalue weighted by Crippen LogP contribution is 2.28. The summed E-state index contributed by atoms with van der Waals surface area (Å²) in [6.07, 6.45) is 5.25. The van der Waals surface area contributed by atoms with E-state index in [1.807, 2.05) is 10.7 Å². The lowest BCUT2D eigenvalue weighted by Gasteiger charge is -2.01. The van der Waals surface area contributed by atoms with Gasteiger partial charge in [0, 0.05) is 6.20 Å². The molecule has 14 heavy (non-hydrogen) atoms. The van der Waals surface area contributed by atoms with E-state index < -0.39 is 0 Å². The van der Waals surface area contributed by atoms with Crippen molar-refractivity contribution in [1.29, 1.82) is 0 Å². The summed E-state index contributed by atoms with van der Waals surface area (Å²) < 4.78 is 2.60. The minimum atomic E-state index is 0.398. The Kier molecular flexibility index (Phi) is 2.44. The van der Waals surface area contributed by atoms with Crippen molar-refractivity contribution >= 4 is 39.0 Å². The highest BCUT2D eigenvalue weighted by molar-refractivity contribution is 9.10. The number of nitrogens with zero attached hydrogens (tertiary/aromatic N) is 4. The summed E-state index contributed by atoms with van der Waals surface area (Å²) in [7, 11) is 0. The van der Waals surface area contributed by atoms with Crippen molar-refractivity contribution in [2.75, 3.05) is 6.26 Å². The number of rotatable bonds is 1. The third kappa shape index (κ3) is 1.29. The molecular weight excluding hydrogens is 264 g/mol. The van der Waals surface area contributed by atoms with Gasteiger partial charge in [-0.05, 0) is 22.2 Å². The van der Waals surface area contributed by atoms with Gasteiger partial charge in [-0.2, -0.15) is 0 Å². The second kappa shape index (κ2) is 3.59. The van der Waals surface area contributed by atoms with Crippen molar-refractivity contribution in [3.8, 4) is 0 Å². The van der Waals surface area contributed by atoms with E-state index in [1.54, 1.807) is 12.5 Å². The van der Waals surface area contributed by atoms with E-state index in [9.17, 15) is 0 Å². The van der Waals surface area contributed by atoms with Gasteiger partial charge < -0.3 is 4.85 Å². The average molecular weight is 269 g/mol. The Bertz CT molecular complexity index is 528. The maximum Gasteiger partial charge on any atom is 0.296 e. The fraction of sp³-hybridized carbons (Fsp3) is 0.125. The lowest BCUT2D eigenvalue weighted by Crippen LogP contribution is -1.91. The van der Waals surface area contributed by atoms with Gasteiger partial charge in [-0.25, -0.2) is 4.98 Å². The number of hydrogen-bond acceptors (Lipinski definition) is 3. The van der Waals surface area contributed by atoms with Crippen LogP contribution in [0.3, 0.4) is 0 Å². The van der Waals surface area contributed by atoms with Crippen molar-refractivity contribution in [2.24, 2.45) is 0 Å². The van der Waals surface area contributed by atoms with Crippen molar-refractivity contribution in [1.82, 2.24) is 14.4 Å². The highest BCUT2D eigenvalue weighted by Gasteiger charge is 2.11. The molecule has 0 saturated carbocycles. The molecule has 0 radical (unpaired) electrons. The number of fused-ring (bicyclic) bond motifs is 1. The third-order valence-corrected chi connectivity index (χ3v) is 3.00. The van der Waals surface area contributed by atoms with Crippen LogP contribution in [0.1, 0.15) is 0 Å². The fourth-order valence-corrected chi connectivity index (χ4v) is 2.14. The van der Waals surface area contributed by atoms with Crippen molar-refractivity contribution in [3.05, 3.63) is 28.4 Å². The first-order chi connectivity index (χ1) is 6.77. The summed E-state index contributed by atoms with van der Waals surface area (Å²) in [6.45, 7) is 6.97. The van der Waals surface area contributed by atoms with Crippen molar-refractivity contribution in [2.45, 2.75) is 5.16 Å². The Morgan fingerprint density at radius 2 is 2.36 bits per heavy atom. The molecule has 2 heterocycles. The molecule has 0 atom stereocenters. The van der Waals surface area contributed by atoms with Gasteiger partial charge in [0.15, 0.2) is 11.5 Å². The van der Waals surface area contributed by atoms with Crippen LogP contribution in [0.25, 0.3) is 10.4 Å². The Morgan fingerprint density at radius 1 is 1.57 bits per heavy atom. The van der Waals surface area contributed by atoms with Crippen molar-refractivity contribution < 1.29 is 0 Å². The fourth-order valence-electron chi connectivity index (χ4n) is 1.17. The first kappa shape index (κ1) is 9.49. The van der Waals surface area contributed by atoms with E-state index >= 15 is 0 Å². The van der Waals surface area contributed by atoms with Gasteiger partial charge in [0.2, 0.25) is 0 Å². The van der Waals surface area contributed by atoms with Gasteiger partial charge in [-0.15, -0.1) is 4.98 Å². The van der Waals surface area contributed by atoms with E-state index in [4.69, 9.17) is 6.57 Å². The largest absolute Gasteiger partial charge is 0.359 e. The third-order valence-electron chi connectivity index (χ3n) is 1.76. The summed E-state index contributed by atoms with van der Waals surface area (Å²) in [5.41, 5.74) is 0.777. The Morgan fingerprint density at radius 3 is 3.00 bits per heavy atom. The zero-order valence-electron chi connectivity index (χ0n) is 7.23. The maximum atomic E-state index is 6.97. The van der Waals surface area contributed by atoms with Crippen LogP contribution in [0, 0.1) is 6.57 Å². The van der Waals surface area contributed by atoms with E-state index in [0.29, 0.717) is 5.82 Å². The second-order valence-electron chi connectivity index (χ2n) is 2.49. The molecule has 2 aromatic heterocycles. The van der Waals surface area contributed by atoms with Crippen LogP contribution in [0.15, 0.2) is 22.2 Å². The molecule has 0 fully saturated rings. The van der Waals surface area contributed by atoms with Crippen LogP contribution in [0.2, 0.25) is 0 Å². The number of thioether (sulfide) groups is 1. The van der Waals surface area contributed by atoms with E-state index in [2.05, 4.69) is 30.7 Å². The molecular formula is C8H5BrN4S. The van der Waals surface area contributed by atoms with Crippen LogP contribution < -0.4 is 0 Å². The summed E-state index contributed by atoms with van der Waals surface area (Å²) in [5, 5.41) is 0.825. The molecule has 0 unspecified atom stereocenters. The number of aromatic nitrogens is 3. The average Bonchev–Trinajstić information content (AvgIpc) is 2.63. The van der Waals surface area contributed by atoms with Crippen LogP contribution in [0.4, 0.5) is 5.82 Å². The summed E-state index contributed by atoms with van der Waals surface area (Å²) in [4.78, 5) is 11.6. The molecule has 0 amide bonds. The van der Waals surface area contributed by atoms with Crippen LogP contribution in [-0.4, -0.2) is 20.6 Å². The quantitative estimate of drug-likeness (QED) is 0.453. The molecule has 0 aliphatic rings. The van der Waals surface area contributed by atoms with Gasteiger partial charge >= 0.3 is 0 Å². The first-order valence-corrected chi connectivity index (χ1v) is 5.72. The Labute approximate surface area is 93.3 Å². The maximum absolute atomic E-state index is 6.97. The van der Waals surface area contributed by atoms with E-state index in [-0.39, 0.29) is 0 Å². The SMILES string of the molecule is [C-]#[N+]c1ncn2c(SC)ncc(Br)c12. The molecule has 0 aliphatic heterocycles. The molecule has 2 aromatic rings. The lowest BCUT2D eigenvalue weighted by atomic mass is 10.5. The van der Waals surface area contributed by atoms with Crippen LogP contribution >= 0.6 is 27.7 Å². The summed E-state index contributed by atoms with van der Waals surface area (Å²) in [5.74, 6) is 0.398. The lowest BCUT2D eigenvalue weighted by molar-refractivity contribution is 0.895. The minimum absolute atomic E-state index is 0.398. The smallest absolute Gasteiger partial charge is 0.296 e. The highest BCUT2D eigenvalue weighted by atomic mass is 79.9. The Hall–Kier alpha value is -1.06. The molecule has 2 rings (SSSR count). The zero-order chi connectivity index (χ0) is 10.1. The first-order valence-electron chi connectivity index (χ1n) is 3.71. The number of imidazole rings is 1. The molecule has 4 nitrogen and oxygen atoms in total. The molecule has 70 valence electrons. The molecule has 0 saturated heterocycles. The van der Waals surface area contributed by atoms with E-state index in [0.717, 1.165) is 15.1 Å². The molecule has 0 spiro atoms. The normalized spacial score (nSPS) is 10.4. The van der Waals surface area contributed by atoms with E-state index in [1.165, 1.54) is 11.8 Å². The topological polar surface area (TPSA) is 34.5 Å². The summed E-state index contributed by atoms with van der Waals surface area (Å²) in [6, 6.07) is 0. The van der Waals surface area contributed by atoms with Crippen molar-refractivity contribution in [3.63, 3.8) is 0 Å². The molecule has 0 N–H and O–H groups in total. The second-order valence-corrected chi connectivity index (χ2v) is 4.12. The van der Waals surface area contributed by atoms with Crippen LogP contribution in [0.5, 0.6) is 0 Å². The van der Waals surface area contributed by atoms with Gasteiger partial charge in [0.25, 0.3) is 5.82 Å². The molecule has 0 aromatic carbocycles. The predicted octanol–water partition coefficient (Wildman–Crippen LogP) is 2.76. The van der Waals surface area contributed by atoms with Gasteiger partial charge in [0.05, 0.1) is 9.99 Å². The number of hydrogen-bond donors (Lipinski definition) is 0. The predicted molar refractivity (Wildman–Crippen MR) is 58.7 cm³/mol. The molecule has 0 aliphatic carbocycles. The molecule has 0 bridgehead atoms. The van der Waals surface area contributed by atoms with Gasteiger partial charge in [-0.3, -0.25) is 4.40 Å². The molecule has 6 heteroatoms. The van der Waals surface area contributed by atoms with Gasteiger partial charge in [0.1, 0.15) is 0 Å². The zero-order valence-corrected chi connectivity index (χ0v) is 9.63. The van der Waals surface area contributed by atoms with Crippen LogP contribution in [-0.2, 0) is 0 Å². The van der Waals surface area contributed by atoms with Gasteiger partial charge in [-0.1, -0.05) is 18.3 Å². The minimum Gasteiger partial charge on any atom is -0.359 e. The number of halogens is 1. The monoisotopic (exact) mass is 268 g/mol. The summed E-state index contributed by atoms with van der Waals surface area (Å²) >= 11 is 4.87. The Balaban J connectivity index is 2.89.